The van der Waals surface area contributed by atoms with Crippen molar-refractivity contribution < 1.29 is 14.7 Å². The second-order valence-electron chi connectivity index (χ2n) is 5.17. The molecular weight excluding hydrogens is 290 g/mol. The summed E-state index contributed by atoms with van der Waals surface area (Å²) in [7, 11) is 1.99. The molecule has 1 N–H and O–H groups in total. The van der Waals surface area contributed by atoms with Gasteiger partial charge in [0.25, 0.3) is 0 Å². The molecule has 21 heavy (non-hydrogen) atoms. The van der Waals surface area contributed by atoms with Gasteiger partial charge in [-0.3, -0.25) is 4.90 Å². The van der Waals surface area contributed by atoms with Gasteiger partial charge >= 0.3 is 12.0 Å². The van der Waals surface area contributed by atoms with Crippen LogP contribution in [-0.4, -0.2) is 59.8 Å². The van der Waals surface area contributed by atoms with Crippen molar-refractivity contribution in [1.29, 1.82) is 0 Å². The molecule has 1 aromatic rings. The number of anilines is 2. The first kappa shape index (κ1) is 14.1. The van der Waals surface area contributed by atoms with Crippen LogP contribution >= 0.6 is 11.8 Å². The number of para-hydroxylation sites is 2. The molecule has 1 atom stereocenters. The lowest BCUT2D eigenvalue weighted by molar-refractivity contribution is -0.140. The number of carboxylic acid groups (broad SMARTS) is 1. The molecule has 1 unspecified atom stereocenters. The minimum Gasteiger partial charge on any atom is -0.480 e. The first-order chi connectivity index (χ1) is 10.1. The van der Waals surface area contributed by atoms with Gasteiger partial charge in [0.1, 0.15) is 6.04 Å². The van der Waals surface area contributed by atoms with E-state index in [0.717, 1.165) is 17.9 Å². The zero-order valence-electron chi connectivity index (χ0n) is 11.7. The predicted octanol–water partition coefficient (Wildman–Crippen LogP) is 1.52. The molecule has 0 aromatic heterocycles. The fourth-order valence-electron chi connectivity index (χ4n) is 2.70. The summed E-state index contributed by atoms with van der Waals surface area (Å²) in [6, 6.07) is 6.77. The summed E-state index contributed by atoms with van der Waals surface area (Å²) in [4.78, 5) is 29.3. The van der Waals surface area contributed by atoms with Crippen molar-refractivity contribution in [3.05, 3.63) is 24.3 Å². The van der Waals surface area contributed by atoms with Gasteiger partial charge in [0.15, 0.2) is 0 Å². The highest BCUT2D eigenvalue weighted by atomic mass is 32.2. The maximum Gasteiger partial charge on any atom is 0.327 e. The van der Waals surface area contributed by atoms with Crippen LogP contribution in [0.5, 0.6) is 0 Å². The standard InChI is InChI=1S/C14H17N3O3S/c1-15-6-7-16(11-5-3-2-4-10(11)15)14(20)17-9-21-8-12(17)13(18)19/h2-5,12H,6-9H2,1H3,(H,18,19). The highest BCUT2D eigenvalue weighted by Gasteiger charge is 2.38. The van der Waals surface area contributed by atoms with Crippen LogP contribution < -0.4 is 9.80 Å². The van der Waals surface area contributed by atoms with Crippen LogP contribution in [0.4, 0.5) is 16.2 Å². The summed E-state index contributed by atoms with van der Waals surface area (Å²) in [6.45, 7) is 1.31. The number of hydrogen-bond acceptors (Lipinski definition) is 4. The molecule has 3 rings (SSSR count). The van der Waals surface area contributed by atoms with E-state index in [-0.39, 0.29) is 6.03 Å². The summed E-state index contributed by atoms with van der Waals surface area (Å²) in [5.74, 6) is -0.0448. The number of carbonyl (C=O) groups is 2. The number of carboxylic acids is 1. The number of nitrogens with zero attached hydrogens (tertiary/aromatic N) is 3. The van der Waals surface area contributed by atoms with Crippen molar-refractivity contribution in [3.63, 3.8) is 0 Å². The van der Waals surface area contributed by atoms with E-state index in [2.05, 4.69) is 4.90 Å². The van der Waals surface area contributed by atoms with E-state index in [1.165, 1.54) is 16.7 Å². The lowest BCUT2D eigenvalue weighted by atomic mass is 10.2. The molecule has 2 amide bonds. The van der Waals surface area contributed by atoms with E-state index >= 15 is 0 Å². The molecule has 112 valence electrons. The lowest BCUT2D eigenvalue weighted by Crippen LogP contribution is -2.52. The number of aliphatic carboxylic acids is 1. The molecule has 2 aliphatic heterocycles. The Labute approximate surface area is 127 Å². The van der Waals surface area contributed by atoms with Crippen molar-refractivity contribution in [2.75, 3.05) is 41.6 Å². The molecule has 0 spiro atoms. The summed E-state index contributed by atoms with van der Waals surface area (Å²) in [6.07, 6.45) is 0. The Morgan fingerprint density at radius 1 is 1.24 bits per heavy atom. The molecule has 0 bridgehead atoms. The zero-order chi connectivity index (χ0) is 15.0. The van der Waals surface area contributed by atoms with Gasteiger partial charge in [0, 0.05) is 25.9 Å². The third-order valence-corrected chi connectivity index (χ3v) is 4.90. The first-order valence-corrected chi connectivity index (χ1v) is 7.94. The molecule has 6 nitrogen and oxygen atoms in total. The molecule has 1 aromatic carbocycles. The van der Waals surface area contributed by atoms with Crippen molar-refractivity contribution in [2.45, 2.75) is 6.04 Å². The van der Waals surface area contributed by atoms with Crippen molar-refractivity contribution in [1.82, 2.24) is 4.90 Å². The van der Waals surface area contributed by atoms with Gasteiger partial charge < -0.3 is 14.9 Å². The SMILES string of the molecule is CN1CCN(C(=O)N2CSCC2C(=O)O)c2ccccc21. The van der Waals surface area contributed by atoms with Gasteiger partial charge in [0.2, 0.25) is 0 Å². The normalized spacial score (nSPS) is 21.4. The van der Waals surface area contributed by atoms with Crippen LogP contribution in [-0.2, 0) is 4.79 Å². The summed E-state index contributed by atoms with van der Waals surface area (Å²) in [5.41, 5.74) is 1.84. The average molecular weight is 307 g/mol. The van der Waals surface area contributed by atoms with Gasteiger partial charge in [-0.15, -0.1) is 11.8 Å². The third kappa shape index (κ3) is 2.42. The van der Waals surface area contributed by atoms with E-state index in [0.29, 0.717) is 18.2 Å². The van der Waals surface area contributed by atoms with Crippen LogP contribution in [0.3, 0.4) is 0 Å². The number of fused-ring (bicyclic) bond motifs is 1. The minimum atomic E-state index is -0.934. The van der Waals surface area contributed by atoms with E-state index in [9.17, 15) is 14.7 Å². The lowest BCUT2D eigenvalue weighted by Gasteiger charge is -2.37. The summed E-state index contributed by atoms with van der Waals surface area (Å²) < 4.78 is 0. The summed E-state index contributed by atoms with van der Waals surface area (Å²) >= 11 is 1.48. The number of amides is 2. The van der Waals surface area contributed by atoms with E-state index < -0.39 is 12.0 Å². The van der Waals surface area contributed by atoms with Crippen molar-refractivity contribution in [3.8, 4) is 0 Å². The third-order valence-electron chi connectivity index (χ3n) is 3.89. The second kappa shape index (κ2) is 5.48. The molecule has 2 aliphatic rings. The molecule has 0 radical (unpaired) electrons. The Morgan fingerprint density at radius 3 is 2.67 bits per heavy atom. The number of carbonyl (C=O) groups excluding carboxylic acids is 1. The van der Waals surface area contributed by atoms with Crippen molar-refractivity contribution >= 4 is 35.1 Å². The monoisotopic (exact) mass is 307 g/mol. The Morgan fingerprint density at radius 2 is 1.95 bits per heavy atom. The van der Waals surface area contributed by atoms with Gasteiger partial charge in [-0.2, -0.15) is 0 Å². The smallest absolute Gasteiger partial charge is 0.327 e. The molecule has 1 saturated heterocycles. The number of hydrogen-bond donors (Lipinski definition) is 1. The van der Waals surface area contributed by atoms with Crippen LogP contribution in [0.25, 0.3) is 0 Å². The first-order valence-electron chi connectivity index (χ1n) is 6.78. The highest BCUT2D eigenvalue weighted by Crippen LogP contribution is 2.33. The van der Waals surface area contributed by atoms with Crippen LogP contribution in [0.1, 0.15) is 0 Å². The quantitative estimate of drug-likeness (QED) is 0.852. The molecular formula is C14H17N3O3S. The Balaban J connectivity index is 1.89. The van der Waals surface area contributed by atoms with Crippen LogP contribution in [0, 0.1) is 0 Å². The highest BCUT2D eigenvalue weighted by molar-refractivity contribution is 7.99. The van der Waals surface area contributed by atoms with Gasteiger partial charge in [-0.05, 0) is 12.1 Å². The Hall–Kier alpha value is -1.89. The van der Waals surface area contributed by atoms with Gasteiger partial charge in [-0.25, -0.2) is 9.59 Å². The fraction of sp³-hybridized carbons (Fsp3) is 0.429. The number of likely N-dealkylation sites (N-methyl/N-ethyl adjacent to an activating group) is 1. The van der Waals surface area contributed by atoms with Gasteiger partial charge in [0.05, 0.1) is 17.3 Å². The second-order valence-corrected chi connectivity index (χ2v) is 6.17. The number of benzene rings is 1. The molecule has 0 aliphatic carbocycles. The zero-order valence-corrected chi connectivity index (χ0v) is 12.5. The maximum absolute atomic E-state index is 12.7. The molecule has 2 heterocycles. The van der Waals surface area contributed by atoms with Crippen LogP contribution in [0.2, 0.25) is 0 Å². The molecule has 1 fully saturated rings. The maximum atomic E-state index is 12.7. The molecule has 0 saturated carbocycles. The number of rotatable bonds is 1. The molecule has 7 heteroatoms. The fourth-order valence-corrected chi connectivity index (χ4v) is 3.83. The number of thioether (sulfide) groups is 1. The van der Waals surface area contributed by atoms with E-state index in [4.69, 9.17) is 0 Å². The topological polar surface area (TPSA) is 64.1 Å². The minimum absolute atomic E-state index is 0.215. The van der Waals surface area contributed by atoms with E-state index in [1.807, 2.05) is 31.3 Å². The summed E-state index contributed by atoms with van der Waals surface area (Å²) in [5, 5.41) is 9.23. The Bertz CT molecular complexity index is 580. The predicted molar refractivity (Wildman–Crippen MR) is 83.0 cm³/mol. The Kier molecular flexibility index (Phi) is 3.67. The average Bonchev–Trinajstić information content (AvgIpc) is 2.97. The van der Waals surface area contributed by atoms with Gasteiger partial charge in [-0.1, -0.05) is 12.1 Å². The van der Waals surface area contributed by atoms with E-state index in [1.54, 1.807) is 4.90 Å². The van der Waals surface area contributed by atoms with Crippen molar-refractivity contribution in [2.24, 2.45) is 0 Å². The number of urea groups is 1. The van der Waals surface area contributed by atoms with Crippen LogP contribution in [0.15, 0.2) is 24.3 Å². The largest absolute Gasteiger partial charge is 0.480 e.